The Morgan fingerprint density at radius 1 is 0.750 bits per heavy atom. The van der Waals surface area contributed by atoms with E-state index in [1.165, 1.54) is 12.1 Å². The van der Waals surface area contributed by atoms with Crippen LogP contribution in [0, 0.1) is 11.6 Å². The first-order valence-electron chi connectivity index (χ1n) is 4.94. The second-order valence-corrected chi connectivity index (χ2v) is 3.52. The Hall–Kier alpha value is -1.74. The van der Waals surface area contributed by atoms with E-state index in [-0.39, 0.29) is 0 Å². The molecule has 0 aromatic heterocycles. The third-order valence-electron chi connectivity index (χ3n) is 2.48. The van der Waals surface area contributed by atoms with Crippen molar-refractivity contribution in [1.29, 1.82) is 0 Å². The predicted octanol–water partition coefficient (Wildman–Crippen LogP) is 3.01. The second kappa shape index (κ2) is 4.41. The van der Waals surface area contributed by atoms with E-state index >= 15 is 0 Å². The van der Waals surface area contributed by atoms with Gasteiger partial charge in [-0.2, -0.15) is 0 Å². The van der Waals surface area contributed by atoms with E-state index in [2.05, 4.69) is 0 Å². The number of halogens is 2. The van der Waals surface area contributed by atoms with Crippen molar-refractivity contribution in [2.75, 3.05) is 0 Å². The number of hydrogen-bond donors (Lipinski definition) is 1. The lowest BCUT2D eigenvalue weighted by Gasteiger charge is -2.13. The van der Waals surface area contributed by atoms with Crippen LogP contribution in [-0.2, 0) is 0 Å². The summed E-state index contributed by atoms with van der Waals surface area (Å²) >= 11 is 0. The van der Waals surface area contributed by atoms with Gasteiger partial charge in [-0.05, 0) is 12.1 Å². The van der Waals surface area contributed by atoms with Gasteiger partial charge in [-0.3, -0.25) is 0 Å². The highest BCUT2D eigenvalue weighted by Gasteiger charge is 2.15. The highest BCUT2D eigenvalue weighted by Crippen LogP contribution is 2.23. The fourth-order valence-corrected chi connectivity index (χ4v) is 1.62. The Morgan fingerprint density at radius 2 is 1.12 bits per heavy atom. The summed E-state index contributed by atoms with van der Waals surface area (Å²) in [5.74, 6) is -0.837. The van der Waals surface area contributed by atoms with E-state index in [4.69, 9.17) is 5.73 Å². The highest BCUT2D eigenvalue weighted by molar-refractivity contribution is 5.32. The summed E-state index contributed by atoms with van der Waals surface area (Å²) in [6.45, 7) is 0. The summed E-state index contributed by atoms with van der Waals surface area (Å²) in [5, 5.41) is 0. The average Bonchev–Trinajstić information content (AvgIpc) is 2.29. The molecule has 3 heteroatoms. The van der Waals surface area contributed by atoms with Crippen molar-refractivity contribution in [2.45, 2.75) is 6.04 Å². The minimum atomic E-state index is -0.776. The molecule has 2 aromatic carbocycles. The van der Waals surface area contributed by atoms with Gasteiger partial charge in [-0.25, -0.2) is 8.78 Å². The van der Waals surface area contributed by atoms with Gasteiger partial charge in [0.1, 0.15) is 11.6 Å². The molecule has 2 aromatic rings. The Kier molecular flexibility index (Phi) is 2.97. The maximum atomic E-state index is 13.5. The Labute approximate surface area is 92.5 Å². The molecule has 0 saturated carbocycles. The Bertz CT molecular complexity index is 451. The van der Waals surface area contributed by atoms with Crippen LogP contribution in [0.3, 0.4) is 0 Å². The number of benzene rings is 2. The number of rotatable bonds is 2. The normalized spacial score (nSPS) is 10.8. The molecular formula is C13H11F2N. The van der Waals surface area contributed by atoms with Crippen LogP contribution in [0.2, 0.25) is 0 Å². The first-order chi connectivity index (χ1) is 7.70. The molecule has 0 heterocycles. The van der Waals surface area contributed by atoms with Crippen LogP contribution in [0.25, 0.3) is 0 Å². The van der Waals surface area contributed by atoms with E-state index in [0.717, 1.165) is 0 Å². The SMILES string of the molecule is NC(c1ccccc1F)c1ccccc1F. The molecule has 0 atom stereocenters. The molecule has 0 spiro atoms. The molecule has 16 heavy (non-hydrogen) atoms. The number of hydrogen-bond acceptors (Lipinski definition) is 1. The van der Waals surface area contributed by atoms with Gasteiger partial charge in [0.25, 0.3) is 0 Å². The fraction of sp³-hybridized carbons (Fsp3) is 0.0769. The summed E-state index contributed by atoms with van der Waals surface area (Å²) in [7, 11) is 0. The molecular weight excluding hydrogens is 208 g/mol. The van der Waals surface area contributed by atoms with Crippen LogP contribution in [0.5, 0.6) is 0 Å². The molecule has 0 aliphatic rings. The van der Waals surface area contributed by atoms with Crippen molar-refractivity contribution in [3.05, 3.63) is 71.3 Å². The van der Waals surface area contributed by atoms with Crippen molar-refractivity contribution >= 4 is 0 Å². The van der Waals surface area contributed by atoms with E-state index in [9.17, 15) is 8.78 Å². The molecule has 0 radical (unpaired) electrons. The minimum absolute atomic E-state index is 0.299. The van der Waals surface area contributed by atoms with Crippen molar-refractivity contribution < 1.29 is 8.78 Å². The van der Waals surface area contributed by atoms with E-state index in [0.29, 0.717) is 11.1 Å². The third kappa shape index (κ3) is 1.95. The topological polar surface area (TPSA) is 26.0 Å². The lowest BCUT2D eigenvalue weighted by Crippen LogP contribution is -2.15. The molecule has 82 valence electrons. The third-order valence-corrected chi connectivity index (χ3v) is 2.48. The first kappa shape index (κ1) is 10.8. The summed E-state index contributed by atoms with van der Waals surface area (Å²) in [5.41, 5.74) is 6.44. The highest BCUT2D eigenvalue weighted by atomic mass is 19.1. The zero-order valence-corrected chi connectivity index (χ0v) is 8.53. The van der Waals surface area contributed by atoms with Crippen LogP contribution < -0.4 is 5.73 Å². The zero-order chi connectivity index (χ0) is 11.5. The van der Waals surface area contributed by atoms with Crippen molar-refractivity contribution in [3.63, 3.8) is 0 Å². The summed E-state index contributed by atoms with van der Waals surface area (Å²) < 4.78 is 26.9. The summed E-state index contributed by atoms with van der Waals surface area (Å²) in [6, 6.07) is 11.5. The molecule has 0 amide bonds. The summed E-state index contributed by atoms with van der Waals surface area (Å²) in [6.07, 6.45) is 0. The van der Waals surface area contributed by atoms with Crippen LogP contribution in [-0.4, -0.2) is 0 Å². The van der Waals surface area contributed by atoms with Crippen molar-refractivity contribution in [3.8, 4) is 0 Å². The van der Waals surface area contributed by atoms with Gasteiger partial charge in [-0.15, -0.1) is 0 Å². The van der Waals surface area contributed by atoms with Gasteiger partial charge in [0.2, 0.25) is 0 Å². The van der Waals surface area contributed by atoms with Gasteiger partial charge >= 0.3 is 0 Å². The minimum Gasteiger partial charge on any atom is -0.320 e. The second-order valence-electron chi connectivity index (χ2n) is 3.52. The number of nitrogens with two attached hydrogens (primary N) is 1. The van der Waals surface area contributed by atoms with Crippen molar-refractivity contribution in [2.24, 2.45) is 5.73 Å². The molecule has 0 saturated heterocycles. The predicted molar refractivity (Wildman–Crippen MR) is 58.8 cm³/mol. The van der Waals surface area contributed by atoms with Gasteiger partial charge in [0, 0.05) is 11.1 Å². The molecule has 2 rings (SSSR count). The molecule has 2 N–H and O–H groups in total. The van der Waals surface area contributed by atoms with E-state index in [1.54, 1.807) is 36.4 Å². The van der Waals surface area contributed by atoms with E-state index < -0.39 is 17.7 Å². The maximum absolute atomic E-state index is 13.5. The van der Waals surface area contributed by atoms with Crippen molar-refractivity contribution in [1.82, 2.24) is 0 Å². The zero-order valence-electron chi connectivity index (χ0n) is 8.53. The maximum Gasteiger partial charge on any atom is 0.128 e. The molecule has 0 bridgehead atoms. The Balaban J connectivity index is 2.44. The Morgan fingerprint density at radius 3 is 1.50 bits per heavy atom. The molecule has 0 fully saturated rings. The van der Waals surface area contributed by atoms with Gasteiger partial charge in [0.15, 0.2) is 0 Å². The average molecular weight is 219 g/mol. The van der Waals surface area contributed by atoms with Crippen LogP contribution in [0.1, 0.15) is 17.2 Å². The van der Waals surface area contributed by atoms with E-state index in [1.807, 2.05) is 0 Å². The molecule has 1 nitrogen and oxygen atoms in total. The monoisotopic (exact) mass is 219 g/mol. The lowest BCUT2D eigenvalue weighted by atomic mass is 9.99. The summed E-state index contributed by atoms with van der Waals surface area (Å²) in [4.78, 5) is 0. The smallest absolute Gasteiger partial charge is 0.128 e. The lowest BCUT2D eigenvalue weighted by molar-refractivity contribution is 0.576. The van der Waals surface area contributed by atoms with Gasteiger partial charge < -0.3 is 5.73 Å². The molecule has 0 aliphatic carbocycles. The molecule has 0 unspecified atom stereocenters. The van der Waals surface area contributed by atoms with Crippen LogP contribution in [0.4, 0.5) is 8.78 Å². The molecule has 0 aliphatic heterocycles. The van der Waals surface area contributed by atoms with Gasteiger partial charge in [-0.1, -0.05) is 36.4 Å². The fourth-order valence-electron chi connectivity index (χ4n) is 1.62. The van der Waals surface area contributed by atoms with Crippen LogP contribution >= 0.6 is 0 Å². The standard InChI is InChI=1S/C13H11F2N/c14-11-7-3-1-5-9(11)13(16)10-6-2-4-8-12(10)15/h1-8,13H,16H2. The largest absolute Gasteiger partial charge is 0.320 e. The first-order valence-corrected chi connectivity index (χ1v) is 4.94. The quantitative estimate of drug-likeness (QED) is 0.825. The van der Waals surface area contributed by atoms with Crippen LogP contribution in [0.15, 0.2) is 48.5 Å². The van der Waals surface area contributed by atoms with Gasteiger partial charge in [0.05, 0.1) is 6.04 Å².